The Kier molecular flexibility index (Phi) is 3.79. The number of nitrogens with one attached hydrogen (secondary N) is 1. The van der Waals surface area contributed by atoms with Crippen LogP contribution < -0.4 is 4.74 Å². The molecule has 1 amide bonds. The van der Waals surface area contributed by atoms with Gasteiger partial charge >= 0.3 is 0 Å². The Balaban J connectivity index is 1.63. The minimum absolute atomic E-state index is 0.0584. The van der Waals surface area contributed by atoms with Gasteiger partial charge < -0.3 is 9.64 Å². The molecule has 0 saturated carbocycles. The molecule has 1 atom stereocenters. The first-order chi connectivity index (χ1) is 11.7. The summed E-state index contributed by atoms with van der Waals surface area (Å²) in [6, 6.07) is 6.20. The number of carbonyl (C=O) groups is 1. The zero-order valence-corrected chi connectivity index (χ0v) is 14.3. The van der Waals surface area contributed by atoms with Crippen LogP contribution in [0.25, 0.3) is 0 Å². The second kappa shape index (κ2) is 5.96. The standard InChI is InChI=1S/C19H23N3O2/c1-12-15-8-7-14(24-2)11-13(15)9-10-22(12)19(23)18-16-5-3-4-6-17(16)20-21-18/h7-8,11-12H,3-6,9-10H2,1-2H3,(H,20,21). The van der Waals surface area contributed by atoms with Crippen LogP contribution in [0.15, 0.2) is 18.2 Å². The van der Waals surface area contributed by atoms with Gasteiger partial charge in [-0.25, -0.2) is 0 Å². The maximum Gasteiger partial charge on any atom is 0.275 e. The molecule has 5 nitrogen and oxygen atoms in total. The number of nitrogens with zero attached hydrogens (tertiary/aromatic N) is 2. The molecule has 0 bridgehead atoms. The van der Waals surface area contributed by atoms with E-state index in [1.807, 2.05) is 11.0 Å². The van der Waals surface area contributed by atoms with Gasteiger partial charge in [-0.05, 0) is 62.3 Å². The van der Waals surface area contributed by atoms with E-state index >= 15 is 0 Å². The highest BCUT2D eigenvalue weighted by molar-refractivity contribution is 5.94. The van der Waals surface area contributed by atoms with Gasteiger partial charge in [0.1, 0.15) is 5.75 Å². The fourth-order valence-electron chi connectivity index (χ4n) is 4.01. The summed E-state index contributed by atoms with van der Waals surface area (Å²) >= 11 is 0. The van der Waals surface area contributed by atoms with Gasteiger partial charge in [0.05, 0.1) is 13.2 Å². The van der Waals surface area contributed by atoms with Crippen molar-refractivity contribution in [1.29, 1.82) is 0 Å². The Bertz CT molecular complexity index is 781. The molecule has 0 fully saturated rings. The molecular weight excluding hydrogens is 302 g/mol. The van der Waals surface area contributed by atoms with Crippen molar-refractivity contribution < 1.29 is 9.53 Å². The predicted octanol–water partition coefficient (Wildman–Crippen LogP) is 3.06. The van der Waals surface area contributed by atoms with Gasteiger partial charge in [0.25, 0.3) is 5.91 Å². The number of amides is 1. The molecule has 0 saturated heterocycles. The minimum Gasteiger partial charge on any atom is -0.497 e. The lowest BCUT2D eigenvalue weighted by Crippen LogP contribution is -2.39. The molecule has 24 heavy (non-hydrogen) atoms. The average molecular weight is 325 g/mol. The zero-order valence-electron chi connectivity index (χ0n) is 14.3. The van der Waals surface area contributed by atoms with Crippen LogP contribution in [0.1, 0.15) is 58.7 Å². The first-order valence-corrected chi connectivity index (χ1v) is 8.73. The van der Waals surface area contributed by atoms with Gasteiger partial charge in [0, 0.05) is 17.8 Å². The van der Waals surface area contributed by atoms with E-state index < -0.39 is 0 Å². The van der Waals surface area contributed by atoms with Gasteiger partial charge in [-0.2, -0.15) is 5.10 Å². The van der Waals surface area contributed by atoms with Crippen LogP contribution in [0.5, 0.6) is 5.75 Å². The van der Waals surface area contributed by atoms with Crippen molar-refractivity contribution in [3.63, 3.8) is 0 Å². The number of ether oxygens (including phenoxy) is 1. The van der Waals surface area contributed by atoms with Crippen LogP contribution in [0, 0.1) is 0 Å². The predicted molar refractivity (Wildman–Crippen MR) is 91.4 cm³/mol. The van der Waals surface area contributed by atoms with Gasteiger partial charge in [0.2, 0.25) is 0 Å². The number of methoxy groups -OCH3 is 1. The SMILES string of the molecule is COc1ccc2c(c1)CCN(C(=O)c1n[nH]c3c1CCCC3)C2C. The lowest BCUT2D eigenvalue weighted by molar-refractivity contribution is 0.0670. The van der Waals surface area contributed by atoms with Crippen molar-refractivity contribution in [3.8, 4) is 5.75 Å². The molecule has 2 aromatic rings. The maximum atomic E-state index is 13.1. The Morgan fingerprint density at radius 3 is 2.96 bits per heavy atom. The number of fused-ring (bicyclic) bond motifs is 2. The highest BCUT2D eigenvalue weighted by Crippen LogP contribution is 2.33. The van der Waals surface area contributed by atoms with Gasteiger partial charge in [0.15, 0.2) is 5.69 Å². The summed E-state index contributed by atoms with van der Waals surface area (Å²) in [5.41, 5.74) is 5.40. The van der Waals surface area contributed by atoms with Crippen LogP contribution in [0.2, 0.25) is 0 Å². The van der Waals surface area contributed by atoms with Crippen molar-refractivity contribution in [1.82, 2.24) is 15.1 Å². The van der Waals surface area contributed by atoms with Gasteiger partial charge in [-0.1, -0.05) is 6.07 Å². The molecule has 4 rings (SSSR count). The first kappa shape index (κ1) is 15.2. The molecule has 126 valence electrons. The second-order valence-corrected chi connectivity index (χ2v) is 6.73. The third-order valence-electron chi connectivity index (χ3n) is 5.41. The normalized spacial score (nSPS) is 19.6. The summed E-state index contributed by atoms with van der Waals surface area (Å²) in [6.45, 7) is 2.82. The number of aryl methyl sites for hydroxylation is 1. The molecule has 1 aromatic carbocycles. The van der Waals surface area contributed by atoms with E-state index in [0.29, 0.717) is 5.69 Å². The molecule has 0 spiro atoms. The van der Waals surface area contributed by atoms with Crippen LogP contribution >= 0.6 is 0 Å². The summed E-state index contributed by atoms with van der Waals surface area (Å²) in [6.07, 6.45) is 5.15. The number of aromatic amines is 1. The number of hydrogen-bond donors (Lipinski definition) is 1. The monoisotopic (exact) mass is 325 g/mol. The molecule has 1 aliphatic heterocycles. The third-order valence-corrected chi connectivity index (χ3v) is 5.41. The fraction of sp³-hybridized carbons (Fsp3) is 0.474. The smallest absolute Gasteiger partial charge is 0.275 e. The summed E-state index contributed by atoms with van der Waals surface area (Å²) in [4.78, 5) is 15.1. The van der Waals surface area contributed by atoms with Crippen LogP contribution in [0.4, 0.5) is 0 Å². The number of aromatic nitrogens is 2. The van der Waals surface area contributed by atoms with Crippen LogP contribution in [-0.4, -0.2) is 34.7 Å². The Hall–Kier alpha value is -2.30. The lowest BCUT2D eigenvalue weighted by Gasteiger charge is -2.35. The van der Waals surface area contributed by atoms with E-state index in [1.165, 1.54) is 17.5 Å². The van der Waals surface area contributed by atoms with Crippen LogP contribution in [-0.2, 0) is 19.3 Å². The second-order valence-electron chi connectivity index (χ2n) is 6.73. The lowest BCUT2D eigenvalue weighted by atomic mass is 9.92. The minimum atomic E-state index is 0.0584. The topological polar surface area (TPSA) is 58.2 Å². The van der Waals surface area contributed by atoms with E-state index in [2.05, 4.69) is 29.3 Å². The first-order valence-electron chi connectivity index (χ1n) is 8.73. The quantitative estimate of drug-likeness (QED) is 0.923. The Morgan fingerprint density at radius 1 is 1.29 bits per heavy atom. The van der Waals surface area contributed by atoms with Gasteiger partial charge in [-0.15, -0.1) is 0 Å². The molecule has 2 heterocycles. The summed E-state index contributed by atoms with van der Waals surface area (Å²) < 4.78 is 5.32. The highest BCUT2D eigenvalue weighted by Gasteiger charge is 2.32. The van der Waals surface area contributed by atoms with Crippen molar-refractivity contribution in [2.24, 2.45) is 0 Å². The van der Waals surface area contributed by atoms with Crippen molar-refractivity contribution in [2.45, 2.75) is 45.1 Å². The summed E-state index contributed by atoms with van der Waals surface area (Å²) in [5, 5.41) is 7.44. The Labute approximate surface area is 142 Å². The largest absolute Gasteiger partial charge is 0.497 e. The molecule has 2 aliphatic rings. The average Bonchev–Trinajstić information content (AvgIpc) is 3.05. The van der Waals surface area contributed by atoms with E-state index in [0.717, 1.165) is 49.2 Å². The molecular formula is C19H23N3O2. The van der Waals surface area contributed by atoms with Gasteiger partial charge in [-0.3, -0.25) is 9.89 Å². The molecule has 1 N–H and O–H groups in total. The van der Waals surface area contributed by atoms with Crippen molar-refractivity contribution >= 4 is 5.91 Å². The van der Waals surface area contributed by atoms with E-state index in [4.69, 9.17) is 4.74 Å². The summed E-state index contributed by atoms with van der Waals surface area (Å²) in [5.74, 6) is 0.936. The fourth-order valence-corrected chi connectivity index (χ4v) is 4.01. The number of benzene rings is 1. The number of H-pyrrole nitrogens is 1. The molecule has 0 radical (unpaired) electrons. The number of rotatable bonds is 2. The molecule has 5 heteroatoms. The van der Waals surface area contributed by atoms with E-state index in [-0.39, 0.29) is 11.9 Å². The third kappa shape index (κ3) is 2.39. The zero-order chi connectivity index (χ0) is 16.7. The molecule has 1 aliphatic carbocycles. The number of hydrogen-bond acceptors (Lipinski definition) is 3. The van der Waals surface area contributed by atoms with Crippen molar-refractivity contribution in [2.75, 3.05) is 13.7 Å². The van der Waals surface area contributed by atoms with E-state index in [1.54, 1.807) is 7.11 Å². The van der Waals surface area contributed by atoms with Crippen LogP contribution in [0.3, 0.4) is 0 Å². The molecule has 1 aromatic heterocycles. The molecule has 1 unspecified atom stereocenters. The van der Waals surface area contributed by atoms with E-state index in [9.17, 15) is 4.79 Å². The Morgan fingerprint density at radius 2 is 2.12 bits per heavy atom. The highest BCUT2D eigenvalue weighted by atomic mass is 16.5. The summed E-state index contributed by atoms with van der Waals surface area (Å²) in [7, 11) is 1.69. The maximum absolute atomic E-state index is 13.1. The number of carbonyl (C=O) groups excluding carboxylic acids is 1. The van der Waals surface area contributed by atoms with Crippen molar-refractivity contribution in [3.05, 3.63) is 46.3 Å².